The summed E-state index contributed by atoms with van der Waals surface area (Å²) in [5.41, 5.74) is 4.49. The number of rotatable bonds is 5. The molecule has 7 nitrogen and oxygen atoms in total. The van der Waals surface area contributed by atoms with E-state index in [2.05, 4.69) is 24.1 Å². The Kier molecular flexibility index (Phi) is 5.40. The van der Waals surface area contributed by atoms with Gasteiger partial charge in [0.1, 0.15) is 18.4 Å². The normalized spacial score (nSPS) is 18.3. The lowest BCUT2D eigenvalue weighted by Gasteiger charge is -2.38. The SMILES string of the molecule is CC1(C)CC(=O)C2=C(C1)Nc1nc(-c3cccnc3)nn1C2c1ccc(OCc2ccccc2)cc1. The molecule has 0 radical (unpaired) electrons. The standard InChI is InChI=1S/C29H27N5O2/c1-29(2)15-23-25(24(35)16-29)26(34-28(31-23)32-27(33-34)21-9-6-14-30-17-21)20-10-12-22(13-11-20)36-18-19-7-4-3-5-8-19/h3-14,17,26H,15-16,18H2,1-2H3,(H,31,32,33). The molecule has 1 N–H and O–H groups in total. The molecule has 2 aromatic heterocycles. The molecule has 1 atom stereocenters. The minimum atomic E-state index is -0.360. The number of aromatic nitrogens is 4. The number of Topliss-reactive ketones (excluding diaryl/α,β-unsaturated/α-hetero) is 1. The third-order valence-corrected chi connectivity index (χ3v) is 6.70. The molecule has 2 aliphatic rings. The number of carbonyl (C=O) groups excluding carboxylic acids is 1. The van der Waals surface area contributed by atoms with E-state index in [1.807, 2.05) is 71.4 Å². The summed E-state index contributed by atoms with van der Waals surface area (Å²) in [6, 6.07) is 21.5. The maximum Gasteiger partial charge on any atom is 0.226 e. The third kappa shape index (κ3) is 4.17. The summed E-state index contributed by atoms with van der Waals surface area (Å²) >= 11 is 0. The van der Waals surface area contributed by atoms with Crippen molar-refractivity contribution in [2.24, 2.45) is 5.41 Å². The Morgan fingerprint density at radius 1 is 1.03 bits per heavy atom. The first-order chi connectivity index (χ1) is 17.5. The van der Waals surface area contributed by atoms with Crippen LogP contribution in [0.2, 0.25) is 0 Å². The van der Waals surface area contributed by atoms with E-state index in [0.29, 0.717) is 24.8 Å². The highest BCUT2D eigenvalue weighted by molar-refractivity contribution is 6.00. The Balaban J connectivity index is 1.37. The number of nitrogens with zero attached hydrogens (tertiary/aromatic N) is 4. The average Bonchev–Trinajstić information content (AvgIpc) is 3.31. The Labute approximate surface area is 209 Å². The van der Waals surface area contributed by atoms with Gasteiger partial charge in [-0.05, 0) is 47.2 Å². The monoisotopic (exact) mass is 477 g/mol. The first-order valence-electron chi connectivity index (χ1n) is 12.1. The zero-order chi connectivity index (χ0) is 24.7. The Morgan fingerprint density at radius 3 is 2.58 bits per heavy atom. The van der Waals surface area contributed by atoms with E-state index in [1.54, 1.807) is 12.4 Å². The summed E-state index contributed by atoms with van der Waals surface area (Å²) in [5, 5.41) is 8.25. The molecule has 0 amide bonds. The molecule has 0 saturated heterocycles. The topological polar surface area (TPSA) is 81.9 Å². The lowest BCUT2D eigenvalue weighted by molar-refractivity contribution is -0.118. The van der Waals surface area contributed by atoms with Gasteiger partial charge in [0.05, 0.1) is 0 Å². The van der Waals surface area contributed by atoms with Crippen LogP contribution in [-0.4, -0.2) is 25.5 Å². The first kappa shape index (κ1) is 22.2. The largest absolute Gasteiger partial charge is 0.489 e. The molecule has 0 spiro atoms. The molecule has 7 heteroatoms. The fourth-order valence-corrected chi connectivity index (χ4v) is 5.02. The molecule has 0 fully saturated rings. The van der Waals surface area contributed by atoms with Crippen LogP contribution in [0, 0.1) is 5.41 Å². The maximum absolute atomic E-state index is 13.4. The van der Waals surface area contributed by atoms with Gasteiger partial charge < -0.3 is 10.1 Å². The number of carbonyl (C=O) groups is 1. The van der Waals surface area contributed by atoms with E-state index in [0.717, 1.165) is 40.1 Å². The summed E-state index contributed by atoms with van der Waals surface area (Å²) in [5.74, 6) is 2.13. The van der Waals surface area contributed by atoms with Gasteiger partial charge in [-0.1, -0.05) is 56.3 Å². The van der Waals surface area contributed by atoms with Crippen molar-refractivity contribution in [1.29, 1.82) is 0 Å². The predicted molar refractivity (Wildman–Crippen MR) is 137 cm³/mol. The van der Waals surface area contributed by atoms with Crippen LogP contribution in [0.25, 0.3) is 11.4 Å². The number of pyridine rings is 1. The zero-order valence-corrected chi connectivity index (χ0v) is 20.3. The number of ether oxygens (including phenoxy) is 1. The van der Waals surface area contributed by atoms with E-state index in [9.17, 15) is 4.79 Å². The van der Waals surface area contributed by atoms with Crippen molar-refractivity contribution < 1.29 is 9.53 Å². The van der Waals surface area contributed by atoms with Gasteiger partial charge in [-0.2, -0.15) is 4.98 Å². The lowest BCUT2D eigenvalue weighted by atomic mass is 9.73. The van der Waals surface area contributed by atoms with Gasteiger partial charge >= 0.3 is 0 Å². The zero-order valence-electron chi connectivity index (χ0n) is 20.3. The van der Waals surface area contributed by atoms with Crippen molar-refractivity contribution in [2.45, 2.75) is 39.3 Å². The highest BCUT2D eigenvalue weighted by Gasteiger charge is 2.41. The summed E-state index contributed by atoms with van der Waals surface area (Å²) < 4.78 is 7.82. The van der Waals surface area contributed by atoms with E-state index in [-0.39, 0.29) is 17.2 Å². The van der Waals surface area contributed by atoms with Crippen LogP contribution in [-0.2, 0) is 11.4 Å². The van der Waals surface area contributed by atoms with Gasteiger partial charge in [-0.25, -0.2) is 4.68 Å². The fourth-order valence-electron chi connectivity index (χ4n) is 5.02. The molecule has 4 aromatic rings. The highest BCUT2D eigenvalue weighted by atomic mass is 16.5. The third-order valence-electron chi connectivity index (χ3n) is 6.70. The summed E-state index contributed by atoms with van der Waals surface area (Å²) in [4.78, 5) is 22.4. The number of benzene rings is 2. The Bertz CT molecular complexity index is 1440. The van der Waals surface area contributed by atoms with E-state index in [4.69, 9.17) is 14.8 Å². The lowest BCUT2D eigenvalue weighted by Crippen LogP contribution is -2.36. The summed E-state index contributed by atoms with van der Waals surface area (Å²) in [6.45, 7) is 4.76. The fraction of sp³-hybridized carbons (Fsp3) is 0.241. The highest BCUT2D eigenvalue weighted by Crippen LogP contribution is 2.45. The number of nitrogens with one attached hydrogen (secondary N) is 1. The second-order valence-electron chi connectivity index (χ2n) is 10.1. The summed E-state index contributed by atoms with van der Waals surface area (Å²) in [6.07, 6.45) is 4.75. The second kappa shape index (κ2) is 8.75. The molecule has 3 heterocycles. The molecule has 1 unspecified atom stereocenters. The number of hydrogen-bond acceptors (Lipinski definition) is 6. The molecule has 2 aromatic carbocycles. The van der Waals surface area contributed by atoms with Gasteiger partial charge in [-0.15, -0.1) is 5.10 Å². The van der Waals surface area contributed by atoms with Crippen LogP contribution in [0.15, 0.2) is 90.4 Å². The smallest absolute Gasteiger partial charge is 0.226 e. The van der Waals surface area contributed by atoms with Crippen LogP contribution in [0.5, 0.6) is 5.75 Å². The van der Waals surface area contributed by atoms with Crippen molar-refractivity contribution in [3.05, 3.63) is 102 Å². The van der Waals surface area contributed by atoms with Crippen LogP contribution < -0.4 is 10.1 Å². The molecular formula is C29H27N5O2. The number of fused-ring (bicyclic) bond motifs is 1. The van der Waals surface area contributed by atoms with Crippen LogP contribution >= 0.6 is 0 Å². The van der Waals surface area contributed by atoms with Gasteiger partial charge in [-0.3, -0.25) is 9.78 Å². The van der Waals surface area contributed by atoms with E-state index < -0.39 is 0 Å². The molecule has 0 saturated carbocycles. The van der Waals surface area contributed by atoms with Crippen molar-refractivity contribution in [2.75, 3.05) is 5.32 Å². The average molecular weight is 478 g/mol. The van der Waals surface area contributed by atoms with E-state index >= 15 is 0 Å². The minimum Gasteiger partial charge on any atom is -0.489 e. The van der Waals surface area contributed by atoms with Gasteiger partial charge in [0.2, 0.25) is 5.95 Å². The van der Waals surface area contributed by atoms with Crippen LogP contribution in [0.4, 0.5) is 5.95 Å². The van der Waals surface area contributed by atoms with E-state index in [1.165, 1.54) is 0 Å². The van der Waals surface area contributed by atoms with Crippen molar-refractivity contribution in [1.82, 2.24) is 19.7 Å². The first-order valence-corrected chi connectivity index (χ1v) is 12.1. The van der Waals surface area contributed by atoms with Gasteiger partial charge in [0, 0.05) is 35.6 Å². The molecular weight excluding hydrogens is 450 g/mol. The second-order valence-corrected chi connectivity index (χ2v) is 10.1. The molecule has 180 valence electrons. The van der Waals surface area contributed by atoms with Crippen molar-refractivity contribution in [3.63, 3.8) is 0 Å². The predicted octanol–water partition coefficient (Wildman–Crippen LogP) is 5.58. The number of allylic oxidation sites excluding steroid dienone is 2. The van der Waals surface area contributed by atoms with Gasteiger partial charge in [0.25, 0.3) is 0 Å². The molecule has 1 aliphatic heterocycles. The quantitative estimate of drug-likeness (QED) is 0.404. The molecule has 6 rings (SSSR count). The molecule has 36 heavy (non-hydrogen) atoms. The number of hydrogen-bond donors (Lipinski definition) is 1. The molecule has 0 bridgehead atoms. The Hall–Kier alpha value is -4.26. The number of anilines is 1. The van der Waals surface area contributed by atoms with Crippen LogP contribution in [0.3, 0.4) is 0 Å². The van der Waals surface area contributed by atoms with Gasteiger partial charge in [0.15, 0.2) is 11.6 Å². The minimum absolute atomic E-state index is 0.114. The summed E-state index contributed by atoms with van der Waals surface area (Å²) in [7, 11) is 0. The molecule has 1 aliphatic carbocycles. The van der Waals surface area contributed by atoms with Crippen molar-refractivity contribution >= 4 is 11.7 Å². The maximum atomic E-state index is 13.4. The number of ketones is 1. The Morgan fingerprint density at radius 2 is 1.83 bits per heavy atom. The van der Waals surface area contributed by atoms with Crippen molar-refractivity contribution in [3.8, 4) is 17.1 Å². The van der Waals surface area contributed by atoms with Crippen LogP contribution in [0.1, 0.15) is 43.9 Å².